The lowest BCUT2D eigenvalue weighted by molar-refractivity contribution is -0.119. The van der Waals surface area contributed by atoms with Gasteiger partial charge in [0.2, 0.25) is 11.0 Å². The Labute approximate surface area is 183 Å². The van der Waals surface area contributed by atoms with Crippen LogP contribution >= 0.6 is 23.1 Å². The zero-order chi connectivity index (χ0) is 20.8. The molecule has 0 aliphatic carbocycles. The molecule has 1 aromatic heterocycles. The molecule has 3 aromatic rings. The van der Waals surface area contributed by atoms with E-state index < -0.39 is 0 Å². The molecule has 1 amide bonds. The minimum Gasteiger partial charge on any atom is -0.493 e. The molecule has 0 radical (unpaired) electrons. The maximum Gasteiger partial charge on any atom is 0.230 e. The van der Waals surface area contributed by atoms with Gasteiger partial charge < -0.3 is 20.1 Å². The molecule has 7 nitrogen and oxygen atoms in total. The molecular weight excluding hydrogens is 420 g/mol. The second-order valence-corrected chi connectivity index (χ2v) is 8.71. The summed E-state index contributed by atoms with van der Waals surface area (Å²) in [5, 5.41) is 15.3. The van der Waals surface area contributed by atoms with E-state index in [0.717, 1.165) is 33.5 Å². The van der Waals surface area contributed by atoms with E-state index in [1.807, 2.05) is 55.5 Å². The van der Waals surface area contributed by atoms with Crippen molar-refractivity contribution in [1.29, 1.82) is 0 Å². The van der Waals surface area contributed by atoms with Crippen molar-refractivity contribution in [3.63, 3.8) is 0 Å². The molecular formula is C21H22N4O3S2. The van der Waals surface area contributed by atoms with Crippen LogP contribution in [0.4, 0.5) is 10.8 Å². The van der Waals surface area contributed by atoms with E-state index in [2.05, 4.69) is 20.8 Å². The summed E-state index contributed by atoms with van der Waals surface area (Å²) in [6, 6.07) is 15.5. The Morgan fingerprint density at radius 3 is 2.97 bits per heavy atom. The Hall–Kier alpha value is -2.78. The summed E-state index contributed by atoms with van der Waals surface area (Å²) in [5.41, 5.74) is 1.86. The van der Waals surface area contributed by atoms with Crippen molar-refractivity contribution in [3.05, 3.63) is 54.1 Å². The number of ether oxygens (including phenoxy) is 2. The van der Waals surface area contributed by atoms with E-state index in [0.29, 0.717) is 18.3 Å². The summed E-state index contributed by atoms with van der Waals surface area (Å²) in [6.45, 7) is 3.13. The molecule has 0 fully saturated rings. The number of nitrogens with zero attached hydrogens (tertiary/aromatic N) is 2. The highest BCUT2D eigenvalue weighted by molar-refractivity contribution is 8.01. The first-order valence-electron chi connectivity index (χ1n) is 9.69. The highest BCUT2D eigenvalue weighted by atomic mass is 32.2. The minimum atomic E-state index is -0.0342. The Morgan fingerprint density at radius 2 is 2.07 bits per heavy atom. The maximum absolute atomic E-state index is 12.5. The molecule has 9 heteroatoms. The summed E-state index contributed by atoms with van der Waals surface area (Å²) in [6.07, 6.45) is 0.763. The first-order valence-corrected chi connectivity index (χ1v) is 11.5. The van der Waals surface area contributed by atoms with Crippen LogP contribution in [0, 0.1) is 0 Å². The third kappa shape index (κ3) is 5.03. The molecule has 0 bridgehead atoms. The molecule has 156 valence electrons. The van der Waals surface area contributed by atoms with Crippen LogP contribution in [0.5, 0.6) is 11.5 Å². The first-order chi connectivity index (χ1) is 14.7. The van der Waals surface area contributed by atoms with E-state index in [4.69, 9.17) is 9.47 Å². The minimum absolute atomic E-state index is 0.0234. The van der Waals surface area contributed by atoms with Crippen LogP contribution in [0.2, 0.25) is 0 Å². The molecule has 0 unspecified atom stereocenters. The third-order valence-electron chi connectivity index (χ3n) is 4.46. The van der Waals surface area contributed by atoms with Gasteiger partial charge in [-0.15, -0.1) is 10.2 Å². The van der Waals surface area contributed by atoms with E-state index >= 15 is 0 Å². The number of aromatic nitrogens is 2. The summed E-state index contributed by atoms with van der Waals surface area (Å²) in [4.78, 5) is 12.5. The van der Waals surface area contributed by atoms with Crippen molar-refractivity contribution >= 4 is 39.8 Å². The number of fused-ring (bicyclic) bond motifs is 1. The molecule has 2 N–H and O–H groups in total. The van der Waals surface area contributed by atoms with Gasteiger partial charge in [0.05, 0.1) is 30.7 Å². The molecule has 1 aliphatic heterocycles. The van der Waals surface area contributed by atoms with Gasteiger partial charge >= 0.3 is 0 Å². The normalized spacial score (nSPS) is 15.0. The summed E-state index contributed by atoms with van der Waals surface area (Å²) in [5.74, 6) is 1.85. The number of carbonyl (C=O) groups is 1. The van der Waals surface area contributed by atoms with Crippen LogP contribution < -0.4 is 20.1 Å². The van der Waals surface area contributed by atoms with Gasteiger partial charge in [-0.2, -0.15) is 0 Å². The van der Waals surface area contributed by atoms with Crippen molar-refractivity contribution in [2.75, 3.05) is 24.3 Å². The second kappa shape index (κ2) is 9.82. The van der Waals surface area contributed by atoms with Crippen LogP contribution in [0.25, 0.3) is 0 Å². The van der Waals surface area contributed by atoms with Crippen molar-refractivity contribution in [3.8, 4) is 11.5 Å². The average Bonchev–Trinajstić information content (AvgIpc) is 3.22. The predicted molar refractivity (Wildman–Crippen MR) is 119 cm³/mol. The zero-order valence-electron chi connectivity index (χ0n) is 16.5. The number of thioether (sulfide) groups is 1. The van der Waals surface area contributed by atoms with Crippen molar-refractivity contribution in [1.82, 2.24) is 15.5 Å². The van der Waals surface area contributed by atoms with Crippen LogP contribution in [0.15, 0.2) is 52.9 Å². The van der Waals surface area contributed by atoms with E-state index in [1.54, 1.807) is 0 Å². The van der Waals surface area contributed by atoms with E-state index in [-0.39, 0.29) is 17.7 Å². The van der Waals surface area contributed by atoms with Gasteiger partial charge in [-0.25, -0.2) is 0 Å². The topological polar surface area (TPSA) is 85.4 Å². The van der Waals surface area contributed by atoms with Gasteiger partial charge in [0, 0.05) is 12.0 Å². The quantitative estimate of drug-likeness (QED) is 0.500. The van der Waals surface area contributed by atoms with Gasteiger partial charge in [-0.05, 0) is 25.1 Å². The highest BCUT2D eigenvalue weighted by Crippen LogP contribution is 2.33. The monoisotopic (exact) mass is 442 g/mol. The number of hydrogen-bond donors (Lipinski definition) is 2. The highest BCUT2D eigenvalue weighted by Gasteiger charge is 2.22. The van der Waals surface area contributed by atoms with Crippen LogP contribution in [0.1, 0.15) is 24.9 Å². The van der Waals surface area contributed by atoms with Crippen molar-refractivity contribution in [2.24, 2.45) is 0 Å². The smallest absolute Gasteiger partial charge is 0.230 e. The van der Waals surface area contributed by atoms with Crippen molar-refractivity contribution in [2.45, 2.75) is 23.7 Å². The average molecular weight is 443 g/mol. The fourth-order valence-electron chi connectivity index (χ4n) is 3.14. The molecule has 0 saturated carbocycles. The molecule has 4 rings (SSSR count). The fraction of sp³-hybridized carbons (Fsp3) is 0.286. The Kier molecular flexibility index (Phi) is 6.70. The Bertz CT molecular complexity index is 1010. The number of amides is 1. The lowest BCUT2D eigenvalue weighted by Gasteiger charge is -2.26. The molecule has 2 heterocycles. The third-order valence-corrected chi connectivity index (χ3v) is 6.43. The van der Waals surface area contributed by atoms with Crippen molar-refractivity contribution < 1.29 is 14.3 Å². The van der Waals surface area contributed by atoms with Gasteiger partial charge in [0.15, 0.2) is 4.34 Å². The first kappa shape index (κ1) is 20.5. The fourth-order valence-corrected chi connectivity index (χ4v) is 4.72. The summed E-state index contributed by atoms with van der Waals surface area (Å²) >= 11 is 2.78. The van der Waals surface area contributed by atoms with Crippen LogP contribution in [-0.2, 0) is 4.79 Å². The number of nitrogens with one attached hydrogen (secondary N) is 2. The maximum atomic E-state index is 12.5. The SMILES string of the molecule is CCOc1ccccc1Nc1nnc(SCC(=O)N[C@H]2CCOc3ccccc32)s1. The van der Waals surface area contributed by atoms with E-state index in [9.17, 15) is 4.79 Å². The molecule has 1 atom stereocenters. The number of carbonyl (C=O) groups excluding carboxylic acids is 1. The summed E-state index contributed by atoms with van der Waals surface area (Å²) in [7, 11) is 0. The lowest BCUT2D eigenvalue weighted by atomic mass is 10.0. The summed E-state index contributed by atoms with van der Waals surface area (Å²) < 4.78 is 12.0. The number of hydrogen-bond acceptors (Lipinski definition) is 8. The number of rotatable bonds is 8. The van der Waals surface area contributed by atoms with E-state index in [1.165, 1.54) is 23.1 Å². The van der Waals surface area contributed by atoms with Crippen LogP contribution in [0.3, 0.4) is 0 Å². The van der Waals surface area contributed by atoms with Gasteiger partial charge in [-0.3, -0.25) is 4.79 Å². The number of benzene rings is 2. The van der Waals surface area contributed by atoms with Gasteiger partial charge in [0.1, 0.15) is 11.5 Å². The molecule has 0 spiro atoms. The molecule has 2 aromatic carbocycles. The Morgan fingerprint density at radius 1 is 1.23 bits per heavy atom. The zero-order valence-corrected chi connectivity index (χ0v) is 18.1. The van der Waals surface area contributed by atoms with Crippen LogP contribution in [-0.4, -0.2) is 35.1 Å². The number of anilines is 2. The second-order valence-electron chi connectivity index (χ2n) is 6.51. The Balaban J connectivity index is 1.31. The molecule has 1 aliphatic rings. The number of para-hydroxylation sites is 3. The lowest BCUT2D eigenvalue weighted by Crippen LogP contribution is -2.33. The standard InChI is InChI=1S/C21H22N4O3S2/c1-2-27-18-10-6-4-8-16(18)23-20-24-25-21(30-20)29-13-19(26)22-15-11-12-28-17-9-5-3-7-14(15)17/h3-10,15H,2,11-13H2,1H3,(H,22,26)(H,23,24)/t15-/m0/s1. The molecule has 0 saturated heterocycles. The van der Waals surface area contributed by atoms with Gasteiger partial charge in [-0.1, -0.05) is 53.4 Å². The molecule has 30 heavy (non-hydrogen) atoms. The largest absolute Gasteiger partial charge is 0.493 e. The predicted octanol–water partition coefficient (Wildman–Crippen LogP) is 4.41. The van der Waals surface area contributed by atoms with Gasteiger partial charge in [0.25, 0.3) is 0 Å².